The lowest BCUT2D eigenvalue weighted by molar-refractivity contribution is -0.302. The van der Waals surface area contributed by atoms with Gasteiger partial charge in [0.05, 0.1) is 0 Å². The average Bonchev–Trinajstić information content (AvgIpc) is 2.73. The molecular formula is C36H49O4-. The Kier molecular flexibility index (Phi) is 8.62. The molecule has 0 N–H and O–H groups in total. The van der Waals surface area contributed by atoms with Crippen molar-refractivity contribution in [2.45, 2.75) is 131 Å². The van der Waals surface area contributed by atoms with E-state index in [0.29, 0.717) is 0 Å². The van der Waals surface area contributed by atoms with Crippen LogP contribution in [-0.2, 0) is 36.7 Å². The van der Waals surface area contributed by atoms with E-state index in [-0.39, 0.29) is 22.0 Å². The Labute approximate surface area is 242 Å². The molecule has 0 bridgehead atoms. The fourth-order valence-corrected chi connectivity index (χ4v) is 5.21. The highest BCUT2D eigenvalue weighted by Crippen LogP contribution is 2.53. The van der Waals surface area contributed by atoms with Crippen molar-refractivity contribution in [3.63, 3.8) is 0 Å². The van der Waals surface area contributed by atoms with Gasteiger partial charge in [-0.2, -0.15) is 0 Å². The van der Waals surface area contributed by atoms with Crippen LogP contribution in [0.5, 0.6) is 5.75 Å². The monoisotopic (exact) mass is 545 g/mol. The van der Waals surface area contributed by atoms with Gasteiger partial charge in [-0.25, -0.2) is 4.79 Å². The van der Waals surface area contributed by atoms with Gasteiger partial charge in [-0.3, -0.25) is 0 Å². The summed E-state index contributed by atoms with van der Waals surface area (Å²) in [6, 6.07) is 6.29. The van der Waals surface area contributed by atoms with Gasteiger partial charge in [0.2, 0.25) is 0 Å². The number of carboxylic acids is 1. The first-order valence-corrected chi connectivity index (χ1v) is 14.0. The van der Waals surface area contributed by atoms with Crippen LogP contribution >= 0.6 is 0 Å². The van der Waals surface area contributed by atoms with Crippen LogP contribution in [0.1, 0.15) is 137 Å². The van der Waals surface area contributed by atoms with Crippen molar-refractivity contribution >= 4 is 11.9 Å². The molecule has 4 nitrogen and oxygen atoms in total. The molecular weight excluding hydrogens is 496 g/mol. The van der Waals surface area contributed by atoms with Crippen LogP contribution in [0.15, 0.2) is 18.2 Å². The molecule has 0 aliphatic carbocycles. The molecule has 0 aliphatic rings. The van der Waals surface area contributed by atoms with Crippen molar-refractivity contribution in [2.75, 3.05) is 0 Å². The van der Waals surface area contributed by atoms with Crippen molar-refractivity contribution in [1.82, 2.24) is 0 Å². The molecule has 218 valence electrons. The minimum absolute atomic E-state index is 0.281. The van der Waals surface area contributed by atoms with Gasteiger partial charge < -0.3 is 14.6 Å². The maximum absolute atomic E-state index is 12.6. The minimum atomic E-state index is -1.87. The molecule has 0 spiro atoms. The van der Waals surface area contributed by atoms with E-state index in [1.807, 2.05) is 20.8 Å². The Morgan fingerprint density at radius 2 is 1.00 bits per heavy atom. The molecule has 0 atom stereocenters. The maximum atomic E-state index is 12.6. The number of hydrogen-bond acceptors (Lipinski definition) is 4. The van der Waals surface area contributed by atoms with Gasteiger partial charge in [0.15, 0.2) is 5.97 Å². The second kappa shape index (κ2) is 10.4. The highest BCUT2D eigenvalue weighted by molar-refractivity contribution is 6.28. The Morgan fingerprint density at radius 3 is 1.30 bits per heavy atom. The van der Waals surface area contributed by atoms with Gasteiger partial charge in [0.1, 0.15) is 5.75 Å². The third-order valence-electron chi connectivity index (χ3n) is 7.18. The summed E-state index contributed by atoms with van der Waals surface area (Å²) >= 11 is 0. The Hall–Kier alpha value is -3.06. The van der Waals surface area contributed by atoms with Crippen molar-refractivity contribution in [3.05, 3.63) is 51.6 Å². The zero-order chi connectivity index (χ0) is 31.4. The zero-order valence-corrected chi connectivity index (χ0v) is 27.4. The van der Waals surface area contributed by atoms with Crippen molar-refractivity contribution in [3.8, 4) is 29.2 Å². The van der Waals surface area contributed by atoms with E-state index in [2.05, 4.69) is 107 Å². The smallest absolute Gasteiger partial charge is 0.359 e. The highest BCUT2D eigenvalue weighted by Gasteiger charge is 2.39. The SMILES string of the molecule is C#Cc1cc(C(C)(C)C)c(-c2c(C(C)(C)C)cc(C(C)(C)C)c(OC(=O)C(=O)[O-])c2C(C)(C)C)c(C(C)(C)C)c1. The zero-order valence-electron chi connectivity index (χ0n) is 27.4. The van der Waals surface area contributed by atoms with E-state index in [1.54, 1.807) is 0 Å². The van der Waals surface area contributed by atoms with E-state index in [4.69, 9.17) is 11.2 Å². The molecule has 2 rings (SSSR count). The van der Waals surface area contributed by atoms with Gasteiger partial charge in [0.25, 0.3) is 0 Å². The topological polar surface area (TPSA) is 66.4 Å². The van der Waals surface area contributed by atoms with Crippen LogP contribution < -0.4 is 9.84 Å². The first-order chi connectivity index (χ1) is 17.7. The fourth-order valence-electron chi connectivity index (χ4n) is 5.21. The van der Waals surface area contributed by atoms with E-state index < -0.39 is 22.8 Å². The van der Waals surface area contributed by atoms with Gasteiger partial charge in [-0.05, 0) is 67.0 Å². The molecule has 0 aliphatic heterocycles. The molecule has 0 fully saturated rings. The summed E-state index contributed by atoms with van der Waals surface area (Å²) < 4.78 is 5.78. The largest absolute Gasteiger partial charge is 0.539 e. The Balaban J connectivity index is 3.55. The molecule has 0 saturated carbocycles. The molecule has 40 heavy (non-hydrogen) atoms. The first-order valence-electron chi connectivity index (χ1n) is 14.0. The van der Waals surface area contributed by atoms with Gasteiger partial charge in [0, 0.05) is 16.7 Å². The third-order valence-corrected chi connectivity index (χ3v) is 7.18. The summed E-state index contributed by atoms with van der Waals surface area (Å²) in [4.78, 5) is 24.3. The molecule has 0 amide bonds. The Bertz CT molecular complexity index is 1330. The summed E-state index contributed by atoms with van der Waals surface area (Å²) in [5.74, 6) is -0.125. The molecule has 0 radical (unpaired) electrons. The summed E-state index contributed by atoms with van der Waals surface area (Å²) in [5.41, 5.74) is 5.82. The Morgan fingerprint density at radius 1 is 0.625 bits per heavy atom. The number of aliphatic carboxylic acids is 1. The van der Waals surface area contributed by atoms with Crippen molar-refractivity contribution < 1.29 is 19.4 Å². The fraction of sp³-hybridized carbons (Fsp3) is 0.556. The standard InChI is InChI=1S/C36H50O4/c1-17-21-18-22(32(2,3)4)26(23(19-21)33(5,6)7)27-24(34(8,9)10)20-25(35(11,12)13)29(28(27)36(14,15)16)40-31(39)30(37)38/h1,18-20H,2-16H3,(H,37,38)/p-1. The lowest BCUT2D eigenvalue weighted by Crippen LogP contribution is -2.36. The number of carboxylic acid groups (broad SMARTS) is 1. The van der Waals surface area contributed by atoms with E-state index in [9.17, 15) is 14.7 Å². The predicted molar refractivity (Wildman–Crippen MR) is 164 cm³/mol. The number of terminal acetylenes is 1. The van der Waals surface area contributed by atoms with Gasteiger partial charge in [-0.15, -0.1) is 6.42 Å². The second-order valence-corrected chi connectivity index (χ2v) is 16.1. The number of carbonyl (C=O) groups is 2. The van der Waals surface area contributed by atoms with Crippen LogP contribution in [0, 0.1) is 12.3 Å². The van der Waals surface area contributed by atoms with E-state index >= 15 is 0 Å². The molecule has 0 unspecified atom stereocenters. The van der Waals surface area contributed by atoms with Gasteiger partial charge >= 0.3 is 5.97 Å². The summed E-state index contributed by atoms with van der Waals surface area (Å²) in [5, 5.41) is 11.6. The molecule has 2 aromatic carbocycles. The summed E-state index contributed by atoms with van der Waals surface area (Å²) in [6.45, 7) is 31.9. The minimum Gasteiger partial charge on any atom is -0.539 e. The highest BCUT2D eigenvalue weighted by atomic mass is 16.6. The molecule has 0 saturated heterocycles. The molecule has 2 aromatic rings. The number of rotatable bonds is 2. The van der Waals surface area contributed by atoms with Crippen LogP contribution in [0.4, 0.5) is 0 Å². The lowest BCUT2D eigenvalue weighted by atomic mass is 9.65. The predicted octanol–water partition coefficient (Wildman–Crippen LogP) is 7.48. The lowest BCUT2D eigenvalue weighted by Gasteiger charge is -2.39. The number of esters is 1. The van der Waals surface area contributed by atoms with Crippen LogP contribution in [0.3, 0.4) is 0 Å². The second-order valence-electron chi connectivity index (χ2n) is 16.1. The van der Waals surface area contributed by atoms with Crippen LogP contribution in [0.2, 0.25) is 0 Å². The summed E-state index contributed by atoms with van der Waals surface area (Å²) in [6.07, 6.45) is 5.97. The molecule has 0 heterocycles. The normalized spacial score (nSPS) is 13.2. The molecule has 4 heteroatoms. The quantitative estimate of drug-likeness (QED) is 0.170. The van der Waals surface area contributed by atoms with E-state index in [0.717, 1.165) is 44.5 Å². The number of carbonyl (C=O) groups excluding carboxylic acids is 2. The van der Waals surface area contributed by atoms with E-state index in [1.165, 1.54) is 0 Å². The molecule has 0 aromatic heterocycles. The van der Waals surface area contributed by atoms with Crippen molar-refractivity contribution in [2.24, 2.45) is 0 Å². The van der Waals surface area contributed by atoms with Crippen LogP contribution in [0.25, 0.3) is 11.1 Å². The third kappa shape index (κ3) is 6.80. The van der Waals surface area contributed by atoms with Crippen molar-refractivity contribution in [1.29, 1.82) is 0 Å². The number of benzene rings is 2. The van der Waals surface area contributed by atoms with Crippen LogP contribution in [-0.4, -0.2) is 11.9 Å². The van der Waals surface area contributed by atoms with Gasteiger partial charge in [-0.1, -0.05) is 116 Å². The average molecular weight is 546 g/mol. The first kappa shape index (κ1) is 33.1. The number of hydrogen-bond donors (Lipinski definition) is 0. The number of ether oxygens (including phenoxy) is 1. The summed E-state index contributed by atoms with van der Waals surface area (Å²) in [7, 11) is 0. The maximum Gasteiger partial charge on any atom is 0.359 e.